The first-order valence-electron chi connectivity index (χ1n) is 7.18. The molecule has 1 rings (SSSR count). The minimum absolute atomic E-state index is 0.943. The third kappa shape index (κ3) is 8.24. The molecule has 0 heterocycles. The molecular weight excluding hydrogens is 230 g/mol. The fourth-order valence-electron chi connectivity index (χ4n) is 1.85. The van der Waals surface area contributed by atoms with E-state index in [1.165, 1.54) is 24.8 Å². The number of likely N-dealkylation sites (N-methyl/N-ethyl adjacent to an activating group) is 1. The normalized spacial score (nSPS) is 10.7. The van der Waals surface area contributed by atoms with Crippen LogP contribution in [0.4, 0.5) is 0 Å². The van der Waals surface area contributed by atoms with Gasteiger partial charge in [0.2, 0.25) is 0 Å². The second-order valence-electron chi connectivity index (χ2n) is 4.86. The fraction of sp³-hybridized carbons (Fsp3) is 0.444. The largest absolute Gasteiger partial charge is 0.298 e. The lowest BCUT2D eigenvalue weighted by Gasteiger charge is -2.13. The molecule has 1 aromatic rings. The van der Waals surface area contributed by atoms with E-state index < -0.39 is 0 Å². The van der Waals surface area contributed by atoms with Gasteiger partial charge in [-0.25, -0.2) is 0 Å². The first-order chi connectivity index (χ1) is 9.33. The van der Waals surface area contributed by atoms with Crippen LogP contribution in [-0.4, -0.2) is 18.5 Å². The minimum Gasteiger partial charge on any atom is -0.298 e. The standard InChI is InChI=1S/C18H25N/c1-3-4-5-6-7-8-9-13-16-19(2)17-18-14-11-10-12-15-18/h9-15H,3-6,16-17H2,1-2H3/b13-9+. The van der Waals surface area contributed by atoms with E-state index in [1.54, 1.807) is 0 Å². The van der Waals surface area contributed by atoms with Crippen LogP contribution >= 0.6 is 0 Å². The molecule has 0 unspecified atom stereocenters. The molecule has 0 aliphatic heterocycles. The smallest absolute Gasteiger partial charge is 0.0233 e. The Kier molecular flexibility index (Phi) is 8.51. The first kappa shape index (κ1) is 15.5. The zero-order valence-electron chi connectivity index (χ0n) is 12.2. The van der Waals surface area contributed by atoms with Crippen molar-refractivity contribution in [2.75, 3.05) is 13.6 Å². The maximum absolute atomic E-state index is 3.19. The summed E-state index contributed by atoms with van der Waals surface area (Å²) in [5, 5.41) is 0. The number of nitrogens with zero attached hydrogens (tertiary/aromatic N) is 1. The number of hydrogen-bond donors (Lipinski definition) is 0. The van der Waals surface area contributed by atoms with Gasteiger partial charge < -0.3 is 0 Å². The maximum atomic E-state index is 3.19. The van der Waals surface area contributed by atoms with E-state index in [-0.39, 0.29) is 0 Å². The van der Waals surface area contributed by atoms with Gasteiger partial charge in [0.25, 0.3) is 0 Å². The van der Waals surface area contributed by atoms with Crippen molar-refractivity contribution >= 4 is 0 Å². The van der Waals surface area contributed by atoms with Gasteiger partial charge in [0.15, 0.2) is 0 Å². The van der Waals surface area contributed by atoms with Gasteiger partial charge >= 0.3 is 0 Å². The summed E-state index contributed by atoms with van der Waals surface area (Å²) in [6, 6.07) is 10.5. The van der Waals surface area contributed by atoms with E-state index >= 15 is 0 Å². The molecule has 0 aromatic heterocycles. The summed E-state index contributed by atoms with van der Waals surface area (Å²) in [5.41, 5.74) is 1.35. The van der Waals surface area contributed by atoms with E-state index in [0.29, 0.717) is 0 Å². The predicted octanol–water partition coefficient (Wildman–Crippen LogP) is 4.26. The molecule has 1 aromatic carbocycles. The highest BCUT2D eigenvalue weighted by Gasteiger charge is 1.96. The van der Waals surface area contributed by atoms with Crippen LogP contribution in [0.15, 0.2) is 42.5 Å². The summed E-state index contributed by atoms with van der Waals surface area (Å²) in [6.45, 7) is 4.14. The summed E-state index contributed by atoms with van der Waals surface area (Å²) < 4.78 is 0. The molecule has 0 aliphatic carbocycles. The SMILES string of the molecule is CCCCCC#C/C=C/CN(C)Cc1ccccc1. The molecule has 0 saturated heterocycles. The van der Waals surface area contributed by atoms with Gasteiger partial charge in [0.1, 0.15) is 0 Å². The Hall–Kier alpha value is -1.52. The van der Waals surface area contributed by atoms with Gasteiger partial charge in [-0.1, -0.05) is 68.0 Å². The van der Waals surface area contributed by atoms with Gasteiger partial charge in [-0.15, -0.1) is 0 Å². The first-order valence-corrected chi connectivity index (χ1v) is 7.18. The second kappa shape index (κ2) is 10.4. The van der Waals surface area contributed by atoms with Crippen molar-refractivity contribution in [3.05, 3.63) is 48.0 Å². The van der Waals surface area contributed by atoms with E-state index in [4.69, 9.17) is 0 Å². The van der Waals surface area contributed by atoms with E-state index in [2.05, 4.69) is 67.1 Å². The molecule has 0 atom stereocenters. The van der Waals surface area contributed by atoms with Crippen molar-refractivity contribution in [2.45, 2.75) is 39.2 Å². The van der Waals surface area contributed by atoms with Gasteiger partial charge in [0.05, 0.1) is 0 Å². The van der Waals surface area contributed by atoms with Gasteiger partial charge in [0, 0.05) is 19.5 Å². The van der Waals surface area contributed by atoms with Crippen LogP contribution in [-0.2, 0) is 6.54 Å². The Balaban J connectivity index is 2.17. The lowest BCUT2D eigenvalue weighted by molar-refractivity contribution is 0.363. The number of rotatable bonds is 7. The third-order valence-electron chi connectivity index (χ3n) is 2.92. The minimum atomic E-state index is 0.943. The molecule has 1 nitrogen and oxygen atoms in total. The van der Waals surface area contributed by atoms with E-state index in [1.807, 2.05) is 6.08 Å². The molecule has 1 heteroatoms. The highest BCUT2D eigenvalue weighted by molar-refractivity contribution is 5.16. The zero-order valence-corrected chi connectivity index (χ0v) is 12.2. The van der Waals surface area contributed by atoms with Crippen LogP contribution in [0.1, 0.15) is 38.2 Å². The van der Waals surface area contributed by atoms with Gasteiger partial charge in [-0.2, -0.15) is 0 Å². The Morgan fingerprint density at radius 2 is 1.95 bits per heavy atom. The maximum Gasteiger partial charge on any atom is 0.0233 e. The Morgan fingerprint density at radius 3 is 2.68 bits per heavy atom. The molecule has 0 radical (unpaired) electrons. The summed E-state index contributed by atoms with van der Waals surface area (Å²) in [5.74, 6) is 6.29. The van der Waals surface area contributed by atoms with Crippen LogP contribution in [0.5, 0.6) is 0 Å². The number of benzene rings is 1. The van der Waals surface area contributed by atoms with Crippen molar-refractivity contribution in [1.29, 1.82) is 0 Å². The topological polar surface area (TPSA) is 3.24 Å². The highest BCUT2D eigenvalue weighted by Crippen LogP contribution is 2.02. The van der Waals surface area contributed by atoms with Crippen molar-refractivity contribution in [3.8, 4) is 11.8 Å². The monoisotopic (exact) mass is 255 g/mol. The van der Waals surface area contributed by atoms with Crippen LogP contribution in [0.3, 0.4) is 0 Å². The van der Waals surface area contributed by atoms with Crippen LogP contribution in [0.25, 0.3) is 0 Å². The molecule has 0 bridgehead atoms. The van der Waals surface area contributed by atoms with E-state index in [9.17, 15) is 0 Å². The molecule has 19 heavy (non-hydrogen) atoms. The van der Waals surface area contributed by atoms with Crippen molar-refractivity contribution in [1.82, 2.24) is 4.90 Å². The predicted molar refractivity (Wildman–Crippen MR) is 83.8 cm³/mol. The fourth-order valence-corrected chi connectivity index (χ4v) is 1.85. The molecular formula is C18H25N. The molecule has 0 amide bonds. The van der Waals surface area contributed by atoms with Crippen LogP contribution in [0, 0.1) is 11.8 Å². The molecule has 0 aliphatic rings. The average molecular weight is 255 g/mol. The molecule has 0 spiro atoms. The van der Waals surface area contributed by atoms with Crippen molar-refractivity contribution in [2.24, 2.45) is 0 Å². The molecule has 102 valence electrons. The van der Waals surface area contributed by atoms with Crippen LogP contribution < -0.4 is 0 Å². The van der Waals surface area contributed by atoms with Crippen LogP contribution in [0.2, 0.25) is 0 Å². The number of unbranched alkanes of at least 4 members (excludes halogenated alkanes) is 3. The molecule has 0 saturated carbocycles. The second-order valence-corrected chi connectivity index (χ2v) is 4.86. The number of allylic oxidation sites excluding steroid dienone is 1. The highest BCUT2D eigenvalue weighted by atomic mass is 15.1. The Labute approximate surface area is 118 Å². The summed E-state index contributed by atoms with van der Waals surface area (Å²) in [6.07, 6.45) is 8.92. The number of hydrogen-bond acceptors (Lipinski definition) is 1. The quantitative estimate of drug-likeness (QED) is 0.520. The Bertz CT molecular complexity index is 408. The lowest BCUT2D eigenvalue weighted by atomic mass is 10.2. The zero-order chi connectivity index (χ0) is 13.8. The lowest BCUT2D eigenvalue weighted by Crippen LogP contribution is -2.17. The average Bonchev–Trinajstić information content (AvgIpc) is 2.43. The van der Waals surface area contributed by atoms with Gasteiger partial charge in [-0.3, -0.25) is 4.90 Å². The summed E-state index contributed by atoms with van der Waals surface area (Å²) in [4.78, 5) is 2.28. The van der Waals surface area contributed by atoms with Gasteiger partial charge in [-0.05, 0) is 25.1 Å². The van der Waals surface area contributed by atoms with Crippen molar-refractivity contribution < 1.29 is 0 Å². The molecule has 0 N–H and O–H groups in total. The molecule has 0 fully saturated rings. The summed E-state index contributed by atoms with van der Waals surface area (Å²) >= 11 is 0. The summed E-state index contributed by atoms with van der Waals surface area (Å²) in [7, 11) is 2.13. The van der Waals surface area contributed by atoms with Crippen molar-refractivity contribution in [3.63, 3.8) is 0 Å². The van der Waals surface area contributed by atoms with E-state index in [0.717, 1.165) is 19.5 Å². The third-order valence-corrected chi connectivity index (χ3v) is 2.92. The Morgan fingerprint density at radius 1 is 1.16 bits per heavy atom.